The van der Waals surface area contributed by atoms with Gasteiger partial charge < -0.3 is 20.1 Å². The van der Waals surface area contributed by atoms with E-state index < -0.39 is 22.0 Å². The van der Waals surface area contributed by atoms with Gasteiger partial charge in [0.2, 0.25) is 15.9 Å². The summed E-state index contributed by atoms with van der Waals surface area (Å²) in [4.78, 5) is 26.3. The minimum absolute atomic E-state index is 0.0615. The standard InChI is InChI=1S/C20H27N5O5S/c1-13-18(15(3)30-23-13)31(28,29)24-14(2)19(26)21-12-16-7-6-8-17(11-16)22-20(27)25-9-4-5-10-25/h6-8,11,14,24H,4-5,9-10,12H2,1-3H3,(H,21,26)(H,22,27)/t14-/m0/s1. The number of hydrogen-bond acceptors (Lipinski definition) is 6. The zero-order valence-corrected chi connectivity index (χ0v) is 18.6. The lowest BCUT2D eigenvalue weighted by Crippen LogP contribution is -2.44. The van der Waals surface area contributed by atoms with Crippen LogP contribution < -0.4 is 15.4 Å². The molecular weight excluding hydrogens is 422 g/mol. The fourth-order valence-electron chi connectivity index (χ4n) is 3.43. The van der Waals surface area contributed by atoms with Crippen LogP contribution in [0.2, 0.25) is 0 Å². The highest BCUT2D eigenvalue weighted by Gasteiger charge is 2.28. The van der Waals surface area contributed by atoms with Crippen LogP contribution in [0.25, 0.3) is 0 Å². The third-order valence-corrected chi connectivity index (χ3v) is 6.78. The summed E-state index contributed by atoms with van der Waals surface area (Å²) in [5, 5.41) is 9.20. The van der Waals surface area contributed by atoms with Crippen LogP contribution >= 0.6 is 0 Å². The number of carbonyl (C=O) groups is 2. The molecule has 3 rings (SSSR count). The van der Waals surface area contributed by atoms with Gasteiger partial charge in [-0.3, -0.25) is 4.79 Å². The van der Waals surface area contributed by atoms with Gasteiger partial charge in [0.1, 0.15) is 10.6 Å². The van der Waals surface area contributed by atoms with E-state index in [1.165, 1.54) is 20.8 Å². The second-order valence-electron chi connectivity index (χ2n) is 7.54. The molecule has 2 heterocycles. The lowest BCUT2D eigenvalue weighted by Gasteiger charge is -2.17. The Balaban J connectivity index is 1.56. The first kappa shape index (κ1) is 22.8. The number of hydrogen-bond donors (Lipinski definition) is 3. The Bertz CT molecular complexity index is 1040. The van der Waals surface area contributed by atoms with E-state index >= 15 is 0 Å². The first-order valence-corrected chi connectivity index (χ1v) is 11.5. The number of sulfonamides is 1. The molecule has 10 nitrogen and oxygen atoms in total. The summed E-state index contributed by atoms with van der Waals surface area (Å²) in [6.07, 6.45) is 2.02. The molecule has 0 bridgehead atoms. The Morgan fingerprint density at radius 1 is 1.23 bits per heavy atom. The van der Waals surface area contributed by atoms with Gasteiger partial charge in [-0.2, -0.15) is 4.72 Å². The minimum Gasteiger partial charge on any atom is -0.360 e. The largest absolute Gasteiger partial charge is 0.360 e. The van der Waals surface area contributed by atoms with Crippen molar-refractivity contribution < 1.29 is 22.5 Å². The Hall–Kier alpha value is -2.92. The SMILES string of the molecule is Cc1noc(C)c1S(=O)(=O)N[C@@H](C)C(=O)NCc1cccc(NC(=O)N2CCCC2)c1. The molecule has 11 heteroatoms. The quantitative estimate of drug-likeness (QED) is 0.591. The Morgan fingerprint density at radius 2 is 1.94 bits per heavy atom. The number of rotatable bonds is 7. The van der Waals surface area contributed by atoms with Gasteiger partial charge in [-0.25, -0.2) is 13.2 Å². The summed E-state index contributed by atoms with van der Waals surface area (Å²) in [5.41, 5.74) is 1.63. The van der Waals surface area contributed by atoms with Gasteiger partial charge in [0.25, 0.3) is 0 Å². The third-order valence-electron chi connectivity index (χ3n) is 5.00. The first-order valence-electron chi connectivity index (χ1n) is 10.0. The smallest absolute Gasteiger partial charge is 0.321 e. The van der Waals surface area contributed by atoms with E-state index in [-0.39, 0.29) is 28.9 Å². The zero-order chi connectivity index (χ0) is 22.6. The summed E-state index contributed by atoms with van der Waals surface area (Å²) < 4.78 is 32.3. The highest BCUT2D eigenvalue weighted by molar-refractivity contribution is 7.89. The fraction of sp³-hybridized carbons (Fsp3) is 0.450. The maximum absolute atomic E-state index is 12.5. The number of aromatic nitrogens is 1. The molecule has 168 valence electrons. The summed E-state index contributed by atoms with van der Waals surface area (Å²) >= 11 is 0. The van der Waals surface area contributed by atoms with E-state index in [2.05, 4.69) is 20.5 Å². The molecule has 0 radical (unpaired) electrons. The molecule has 1 aliphatic heterocycles. The highest BCUT2D eigenvalue weighted by Crippen LogP contribution is 2.19. The maximum Gasteiger partial charge on any atom is 0.321 e. The molecule has 3 N–H and O–H groups in total. The van der Waals surface area contributed by atoms with Crippen LogP contribution in [-0.4, -0.2) is 49.5 Å². The molecule has 1 aromatic heterocycles. The molecule has 0 spiro atoms. The first-order chi connectivity index (χ1) is 14.7. The van der Waals surface area contributed by atoms with Crippen LogP contribution in [0.1, 0.15) is 36.8 Å². The lowest BCUT2D eigenvalue weighted by molar-refractivity contribution is -0.122. The maximum atomic E-state index is 12.5. The van der Waals surface area contributed by atoms with Gasteiger partial charge in [0.05, 0.1) is 6.04 Å². The van der Waals surface area contributed by atoms with E-state index in [1.807, 2.05) is 6.07 Å². The summed E-state index contributed by atoms with van der Waals surface area (Å²) in [6, 6.07) is 6.00. The number of benzene rings is 1. The summed E-state index contributed by atoms with van der Waals surface area (Å²) in [5.74, 6) is -0.327. The van der Waals surface area contributed by atoms with Crippen molar-refractivity contribution in [3.8, 4) is 0 Å². The zero-order valence-electron chi connectivity index (χ0n) is 17.8. The van der Waals surface area contributed by atoms with E-state index in [4.69, 9.17) is 4.52 Å². The second kappa shape index (κ2) is 9.48. The summed E-state index contributed by atoms with van der Waals surface area (Å²) in [7, 11) is -3.95. The molecule has 3 amide bonds. The van der Waals surface area contributed by atoms with Crippen molar-refractivity contribution in [3.63, 3.8) is 0 Å². The molecule has 1 saturated heterocycles. The number of nitrogens with zero attached hydrogens (tertiary/aromatic N) is 2. The number of aryl methyl sites for hydroxylation is 2. The van der Waals surface area contributed by atoms with Gasteiger partial charge in [0, 0.05) is 25.3 Å². The predicted octanol–water partition coefficient (Wildman–Crippen LogP) is 1.90. The van der Waals surface area contributed by atoms with Crippen LogP contribution in [0, 0.1) is 13.8 Å². The molecule has 1 aromatic carbocycles. The Kier molecular flexibility index (Phi) is 6.96. The number of urea groups is 1. The summed E-state index contributed by atoms with van der Waals surface area (Å²) in [6.45, 7) is 6.16. The van der Waals surface area contributed by atoms with Crippen molar-refractivity contribution in [1.29, 1.82) is 0 Å². The number of anilines is 1. The monoisotopic (exact) mass is 449 g/mol. The van der Waals surface area contributed by atoms with E-state index in [9.17, 15) is 18.0 Å². The molecule has 0 aliphatic carbocycles. The third kappa shape index (κ3) is 5.61. The van der Waals surface area contributed by atoms with Gasteiger partial charge in [-0.05, 0) is 51.3 Å². The van der Waals surface area contributed by atoms with Crippen LogP contribution in [0.3, 0.4) is 0 Å². The van der Waals surface area contributed by atoms with Crippen molar-refractivity contribution in [2.45, 2.75) is 51.1 Å². The van der Waals surface area contributed by atoms with Crippen LogP contribution in [0.15, 0.2) is 33.7 Å². The van der Waals surface area contributed by atoms with E-state index in [0.717, 1.165) is 31.5 Å². The average molecular weight is 450 g/mol. The molecular formula is C20H27N5O5S. The minimum atomic E-state index is -3.95. The number of carbonyl (C=O) groups excluding carboxylic acids is 2. The van der Waals surface area contributed by atoms with E-state index in [1.54, 1.807) is 23.1 Å². The Morgan fingerprint density at radius 3 is 2.58 bits per heavy atom. The molecule has 1 fully saturated rings. The highest BCUT2D eigenvalue weighted by atomic mass is 32.2. The fourth-order valence-corrected chi connectivity index (χ4v) is 4.96. The molecule has 0 unspecified atom stereocenters. The molecule has 31 heavy (non-hydrogen) atoms. The number of amides is 3. The van der Waals surface area contributed by atoms with Gasteiger partial charge in [0.15, 0.2) is 5.76 Å². The van der Waals surface area contributed by atoms with Crippen molar-refractivity contribution in [1.82, 2.24) is 20.1 Å². The van der Waals surface area contributed by atoms with Gasteiger partial charge in [-0.15, -0.1) is 0 Å². The van der Waals surface area contributed by atoms with Crippen molar-refractivity contribution >= 4 is 27.6 Å². The molecule has 0 saturated carbocycles. The average Bonchev–Trinajstić information content (AvgIpc) is 3.36. The van der Waals surface area contributed by atoms with Crippen molar-refractivity contribution in [2.24, 2.45) is 0 Å². The topological polar surface area (TPSA) is 134 Å². The predicted molar refractivity (Wildman–Crippen MR) is 114 cm³/mol. The van der Waals surface area contributed by atoms with Crippen LogP contribution in [-0.2, 0) is 21.4 Å². The van der Waals surface area contributed by atoms with Crippen LogP contribution in [0.4, 0.5) is 10.5 Å². The van der Waals surface area contributed by atoms with Crippen molar-refractivity contribution in [2.75, 3.05) is 18.4 Å². The number of nitrogens with one attached hydrogen (secondary N) is 3. The second-order valence-corrected chi connectivity index (χ2v) is 9.19. The Labute approximate surface area is 181 Å². The van der Waals surface area contributed by atoms with Crippen LogP contribution in [0.5, 0.6) is 0 Å². The molecule has 1 atom stereocenters. The van der Waals surface area contributed by atoms with Gasteiger partial charge >= 0.3 is 6.03 Å². The molecule has 2 aromatic rings. The normalized spacial score (nSPS) is 15.0. The van der Waals surface area contributed by atoms with E-state index in [0.29, 0.717) is 5.69 Å². The molecule has 1 aliphatic rings. The van der Waals surface area contributed by atoms with Crippen molar-refractivity contribution in [3.05, 3.63) is 41.3 Å². The number of likely N-dealkylation sites (tertiary alicyclic amines) is 1. The lowest BCUT2D eigenvalue weighted by atomic mass is 10.2. The van der Waals surface area contributed by atoms with Gasteiger partial charge in [-0.1, -0.05) is 17.3 Å².